The van der Waals surface area contributed by atoms with E-state index in [9.17, 15) is 9.59 Å². The van der Waals surface area contributed by atoms with Crippen LogP contribution in [-0.2, 0) is 4.79 Å². The Morgan fingerprint density at radius 3 is 2.60 bits per heavy atom. The van der Waals surface area contributed by atoms with Gasteiger partial charge in [0.2, 0.25) is 5.91 Å². The van der Waals surface area contributed by atoms with Crippen LogP contribution in [0.5, 0.6) is 0 Å². The van der Waals surface area contributed by atoms with Crippen LogP contribution in [0.15, 0.2) is 47.6 Å². The maximum atomic E-state index is 12.4. The first-order valence-corrected chi connectivity index (χ1v) is 8.82. The van der Waals surface area contributed by atoms with Crippen molar-refractivity contribution in [3.05, 3.63) is 48.0 Å². The molecule has 0 atom stereocenters. The van der Waals surface area contributed by atoms with E-state index in [0.717, 1.165) is 5.57 Å². The lowest BCUT2D eigenvalue weighted by Crippen LogP contribution is -2.39. The maximum absolute atomic E-state index is 12.4. The lowest BCUT2D eigenvalue weighted by atomic mass is 10.2. The van der Waals surface area contributed by atoms with Gasteiger partial charge in [-0.2, -0.15) is 0 Å². The lowest BCUT2D eigenvalue weighted by molar-refractivity contribution is -0.128. The van der Waals surface area contributed by atoms with Crippen molar-refractivity contribution in [2.45, 2.75) is 25.5 Å². The summed E-state index contributed by atoms with van der Waals surface area (Å²) in [5, 5.41) is 7.30. The van der Waals surface area contributed by atoms with Gasteiger partial charge in [0.15, 0.2) is 10.3 Å². The Morgan fingerprint density at radius 1 is 1.36 bits per heavy atom. The number of hydrogen-bond acceptors (Lipinski definition) is 5. The summed E-state index contributed by atoms with van der Waals surface area (Å²) < 4.78 is -0.606. The number of amides is 2. The minimum Gasteiger partial charge on any atom is -0.298 e. The predicted molar refractivity (Wildman–Crippen MR) is 105 cm³/mol. The smallest absolute Gasteiger partial charge is 0.257 e. The summed E-state index contributed by atoms with van der Waals surface area (Å²) in [5.74, 6) is -0.368. The van der Waals surface area contributed by atoms with Crippen LogP contribution < -0.4 is 10.7 Å². The lowest BCUT2D eigenvalue weighted by Gasteiger charge is -2.17. The second-order valence-corrected chi connectivity index (χ2v) is 8.11. The van der Waals surface area contributed by atoms with Crippen LogP contribution in [0.25, 0.3) is 0 Å². The highest BCUT2D eigenvalue weighted by atomic mass is 32.2. The summed E-state index contributed by atoms with van der Waals surface area (Å²) >= 11 is 6.43. The molecule has 132 valence electrons. The van der Waals surface area contributed by atoms with Crippen molar-refractivity contribution in [1.29, 1.82) is 0 Å². The molecule has 2 amide bonds. The zero-order valence-electron chi connectivity index (χ0n) is 14.3. The summed E-state index contributed by atoms with van der Waals surface area (Å²) in [6.07, 6.45) is 0. The van der Waals surface area contributed by atoms with Gasteiger partial charge in [0.25, 0.3) is 5.91 Å². The van der Waals surface area contributed by atoms with E-state index in [2.05, 4.69) is 22.4 Å². The van der Waals surface area contributed by atoms with Gasteiger partial charge in [-0.1, -0.05) is 42.1 Å². The van der Waals surface area contributed by atoms with Gasteiger partial charge in [-0.05, 0) is 45.1 Å². The van der Waals surface area contributed by atoms with Crippen molar-refractivity contribution in [2.75, 3.05) is 6.54 Å². The Labute approximate surface area is 156 Å². The molecule has 1 heterocycles. The van der Waals surface area contributed by atoms with Crippen LogP contribution in [-0.4, -0.2) is 38.3 Å². The highest BCUT2D eigenvalue weighted by Crippen LogP contribution is 2.36. The van der Waals surface area contributed by atoms with E-state index in [1.807, 2.05) is 26.8 Å². The van der Waals surface area contributed by atoms with Crippen LogP contribution in [0.3, 0.4) is 0 Å². The molecular formula is C17H20N4O2S2. The van der Waals surface area contributed by atoms with Crippen LogP contribution in [0, 0.1) is 0 Å². The van der Waals surface area contributed by atoms with Crippen molar-refractivity contribution in [1.82, 2.24) is 15.6 Å². The zero-order valence-corrected chi connectivity index (χ0v) is 16.0. The largest absolute Gasteiger partial charge is 0.298 e. The molecule has 1 aromatic carbocycles. The number of nitrogens with zero attached hydrogens (tertiary/aromatic N) is 2. The molecule has 0 saturated carbocycles. The Bertz CT molecular complexity index is 744. The molecule has 0 spiro atoms. The molecule has 0 bridgehead atoms. The van der Waals surface area contributed by atoms with Gasteiger partial charge in [0.05, 0.1) is 4.75 Å². The second-order valence-electron chi connectivity index (χ2n) is 6.12. The fourth-order valence-electron chi connectivity index (χ4n) is 2.12. The topological polar surface area (TPSA) is 73.8 Å². The second kappa shape index (κ2) is 7.79. The van der Waals surface area contributed by atoms with Crippen molar-refractivity contribution in [3.8, 4) is 0 Å². The van der Waals surface area contributed by atoms with E-state index in [1.54, 1.807) is 29.2 Å². The highest BCUT2D eigenvalue weighted by Gasteiger charge is 2.44. The third-order valence-electron chi connectivity index (χ3n) is 3.28. The Balaban J connectivity index is 2.03. The summed E-state index contributed by atoms with van der Waals surface area (Å²) in [5.41, 5.74) is 3.97. The first-order chi connectivity index (χ1) is 11.7. The number of amidine groups is 1. The van der Waals surface area contributed by atoms with Gasteiger partial charge in [0.1, 0.15) is 0 Å². The molecule has 8 heteroatoms. The Kier molecular flexibility index (Phi) is 5.97. The van der Waals surface area contributed by atoms with E-state index < -0.39 is 4.75 Å². The summed E-state index contributed by atoms with van der Waals surface area (Å²) in [7, 11) is 0. The first kappa shape index (κ1) is 19.1. The van der Waals surface area contributed by atoms with E-state index in [4.69, 9.17) is 12.2 Å². The maximum Gasteiger partial charge on any atom is 0.257 e. The summed E-state index contributed by atoms with van der Waals surface area (Å²) in [4.78, 5) is 26.0. The van der Waals surface area contributed by atoms with Gasteiger partial charge in [-0.3, -0.25) is 25.2 Å². The van der Waals surface area contributed by atoms with E-state index in [0.29, 0.717) is 17.3 Å². The average molecular weight is 377 g/mol. The fourth-order valence-corrected chi connectivity index (χ4v) is 3.26. The predicted octanol–water partition coefficient (Wildman–Crippen LogP) is 2.49. The molecule has 0 unspecified atom stereocenters. The number of thiocarbonyl (C=S) groups is 1. The Hall–Kier alpha value is -2.19. The SMILES string of the molecule is C=C(C)CN1C(=O)C(C)(C)S/C1=N\NC(=S)NC(=O)c1ccccc1. The monoisotopic (exact) mass is 376 g/mol. The number of carbonyl (C=O) groups excluding carboxylic acids is 2. The molecule has 1 fully saturated rings. The van der Waals surface area contributed by atoms with Crippen molar-refractivity contribution >= 4 is 46.1 Å². The average Bonchev–Trinajstić information content (AvgIpc) is 2.76. The molecule has 0 radical (unpaired) electrons. The quantitative estimate of drug-likeness (QED) is 0.480. The van der Waals surface area contributed by atoms with E-state index in [1.165, 1.54) is 11.8 Å². The minimum absolute atomic E-state index is 0.0414. The third kappa shape index (κ3) is 4.90. The number of hydrazone groups is 1. The molecule has 6 nitrogen and oxygen atoms in total. The molecule has 1 aromatic rings. The number of thioether (sulfide) groups is 1. The van der Waals surface area contributed by atoms with E-state index >= 15 is 0 Å². The van der Waals surface area contributed by atoms with Gasteiger partial charge in [-0.15, -0.1) is 5.10 Å². The van der Waals surface area contributed by atoms with Crippen LogP contribution >= 0.6 is 24.0 Å². The zero-order chi connectivity index (χ0) is 18.6. The van der Waals surface area contributed by atoms with Gasteiger partial charge >= 0.3 is 0 Å². The van der Waals surface area contributed by atoms with E-state index in [-0.39, 0.29) is 16.9 Å². The number of benzene rings is 1. The summed E-state index contributed by atoms with van der Waals surface area (Å²) in [6.45, 7) is 9.75. The number of carbonyl (C=O) groups is 2. The number of nitrogens with one attached hydrogen (secondary N) is 2. The van der Waals surface area contributed by atoms with Gasteiger partial charge < -0.3 is 0 Å². The highest BCUT2D eigenvalue weighted by molar-refractivity contribution is 8.16. The molecule has 1 aliphatic rings. The fraction of sp³-hybridized carbons (Fsp3) is 0.294. The molecule has 2 N–H and O–H groups in total. The standard InChI is InChI=1S/C17H20N4O2S2/c1-11(2)10-21-14(23)17(3,4)25-16(21)20-19-15(24)18-13(22)12-8-6-5-7-9-12/h5-9H,1,10H2,2-4H3,(H2,18,19,22,24)/b20-16-. The third-order valence-corrected chi connectivity index (χ3v) is 4.65. The van der Waals surface area contributed by atoms with Crippen molar-refractivity contribution < 1.29 is 9.59 Å². The van der Waals surface area contributed by atoms with Crippen molar-refractivity contribution in [2.24, 2.45) is 5.10 Å². The van der Waals surface area contributed by atoms with Crippen molar-refractivity contribution in [3.63, 3.8) is 0 Å². The summed E-state index contributed by atoms with van der Waals surface area (Å²) in [6, 6.07) is 8.73. The molecule has 0 aromatic heterocycles. The van der Waals surface area contributed by atoms with Gasteiger partial charge in [-0.25, -0.2) is 0 Å². The molecule has 0 aliphatic carbocycles. The van der Waals surface area contributed by atoms with Crippen LogP contribution in [0.4, 0.5) is 0 Å². The molecule has 1 aliphatic heterocycles. The van der Waals surface area contributed by atoms with Gasteiger partial charge in [0, 0.05) is 12.1 Å². The normalized spacial score (nSPS) is 17.5. The molecular weight excluding hydrogens is 356 g/mol. The number of hydrogen-bond donors (Lipinski definition) is 2. The molecule has 2 rings (SSSR count). The Morgan fingerprint density at radius 2 is 2.00 bits per heavy atom. The molecule has 1 saturated heterocycles. The van der Waals surface area contributed by atoms with Crippen LogP contribution in [0.2, 0.25) is 0 Å². The molecule has 25 heavy (non-hydrogen) atoms. The van der Waals surface area contributed by atoms with Crippen LogP contribution in [0.1, 0.15) is 31.1 Å². The number of rotatable bonds is 4. The minimum atomic E-state index is -0.606. The first-order valence-electron chi connectivity index (χ1n) is 7.60.